The molecule has 108 valence electrons. The molecule has 1 aromatic rings. The van der Waals surface area contributed by atoms with Crippen molar-refractivity contribution in [3.05, 3.63) is 29.8 Å². The molecule has 20 heavy (non-hydrogen) atoms. The van der Waals surface area contributed by atoms with E-state index in [4.69, 9.17) is 9.84 Å². The van der Waals surface area contributed by atoms with Crippen molar-refractivity contribution in [2.45, 2.75) is 25.3 Å². The molecule has 1 fully saturated rings. The lowest BCUT2D eigenvalue weighted by Gasteiger charge is -2.34. The van der Waals surface area contributed by atoms with Gasteiger partial charge in [-0.25, -0.2) is 9.59 Å². The fourth-order valence-corrected chi connectivity index (χ4v) is 2.11. The van der Waals surface area contributed by atoms with Gasteiger partial charge in [0.25, 0.3) is 0 Å². The molecule has 1 heterocycles. The number of urea groups is 1. The summed E-state index contributed by atoms with van der Waals surface area (Å²) in [5.41, 5.74) is 0.311. The van der Waals surface area contributed by atoms with Crippen LogP contribution in [-0.4, -0.2) is 35.9 Å². The summed E-state index contributed by atoms with van der Waals surface area (Å²) < 4.78 is 5.27. The van der Waals surface area contributed by atoms with E-state index in [1.807, 2.05) is 6.92 Å². The summed E-state index contributed by atoms with van der Waals surface area (Å²) >= 11 is 0. The normalized spacial score (nSPS) is 17.2. The number of hydrogen-bond acceptors (Lipinski definition) is 3. The summed E-state index contributed by atoms with van der Waals surface area (Å²) in [5.74, 6) is -1.02. The zero-order valence-corrected chi connectivity index (χ0v) is 11.3. The van der Waals surface area contributed by atoms with E-state index in [0.29, 0.717) is 18.9 Å². The molecule has 1 aromatic carbocycles. The van der Waals surface area contributed by atoms with Gasteiger partial charge in [-0.2, -0.15) is 0 Å². The molecular weight excluding hydrogens is 260 g/mol. The van der Waals surface area contributed by atoms with E-state index in [9.17, 15) is 9.59 Å². The molecule has 0 aromatic heterocycles. The molecule has 0 bridgehead atoms. The van der Waals surface area contributed by atoms with Crippen molar-refractivity contribution >= 4 is 17.7 Å². The third-order valence-corrected chi connectivity index (χ3v) is 3.38. The number of nitrogens with one attached hydrogen (secondary N) is 2. The first-order chi connectivity index (χ1) is 9.48. The van der Waals surface area contributed by atoms with E-state index >= 15 is 0 Å². The molecule has 3 N–H and O–H groups in total. The summed E-state index contributed by atoms with van der Waals surface area (Å²) in [6, 6.07) is 5.81. The average Bonchev–Trinajstić information content (AvgIpc) is 2.39. The Labute approximate surface area is 117 Å². The molecule has 0 atom stereocenters. The van der Waals surface area contributed by atoms with Crippen LogP contribution in [0, 0.1) is 0 Å². The third-order valence-electron chi connectivity index (χ3n) is 3.38. The van der Waals surface area contributed by atoms with Crippen LogP contribution in [0.4, 0.5) is 10.5 Å². The highest BCUT2D eigenvalue weighted by Gasteiger charge is 2.28. The molecule has 0 aliphatic carbocycles. The Kier molecular flexibility index (Phi) is 4.24. The average molecular weight is 278 g/mol. The van der Waals surface area contributed by atoms with Crippen molar-refractivity contribution in [1.82, 2.24) is 5.32 Å². The first-order valence-corrected chi connectivity index (χ1v) is 6.49. The molecule has 1 saturated heterocycles. The van der Waals surface area contributed by atoms with Crippen LogP contribution in [-0.2, 0) is 4.74 Å². The predicted molar refractivity (Wildman–Crippen MR) is 74.0 cm³/mol. The lowest BCUT2D eigenvalue weighted by Crippen LogP contribution is -2.51. The maximum Gasteiger partial charge on any atom is 0.335 e. The first kappa shape index (κ1) is 14.3. The Hall–Kier alpha value is -2.08. The SMILES string of the molecule is CC1(NC(=O)Nc2cccc(C(=O)O)c2)CCOCC1. The first-order valence-electron chi connectivity index (χ1n) is 6.49. The van der Waals surface area contributed by atoms with Gasteiger partial charge in [-0.05, 0) is 38.0 Å². The number of aromatic carboxylic acids is 1. The van der Waals surface area contributed by atoms with Crippen molar-refractivity contribution < 1.29 is 19.4 Å². The van der Waals surface area contributed by atoms with Crippen molar-refractivity contribution in [2.75, 3.05) is 18.5 Å². The van der Waals surface area contributed by atoms with Gasteiger partial charge in [0.2, 0.25) is 0 Å². The highest BCUT2D eigenvalue weighted by atomic mass is 16.5. The molecule has 1 aliphatic heterocycles. The summed E-state index contributed by atoms with van der Waals surface area (Å²) in [5, 5.41) is 14.5. The minimum absolute atomic E-state index is 0.139. The number of hydrogen-bond donors (Lipinski definition) is 3. The van der Waals surface area contributed by atoms with Gasteiger partial charge in [0, 0.05) is 24.4 Å². The second-order valence-corrected chi connectivity index (χ2v) is 5.14. The van der Waals surface area contributed by atoms with Gasteiger partial charge < -0.3 is 20.5 Å². The Bertz CT molecular complexity index is 510. The van der Waals surface area contributed by atoms with E-state index in [1.165, 1.54) is 12.1 Å². The molecule has 6 heteroatoms. The Balaban J connectivity index is 1.97. The molecule has 2 rings (SSSR count). The number of ether oxygens (including phenoxy) is 1. The number of benzene rings is 1. The van der Waals surface area contributed by atoms with E-state index in [2.05, 4.69) is 10.6 Å². The van der Waals surface area contributed by atoms with Crippen molar-refractivity contribution in [3.8, 4) is 0 Å². The smallest absolute Gasteiger partial charge is 0.335 e. The summed E-state index contributed by atoms with van der Waals surface area (Å²) in [6.45, 7) is 3.24. The largest absolute Gasteiger partial charge is 0.478 e. The topological polar surface area (TPSA) is 87.7 Å². The monoisotopic (exact) mass is 278 g/mol. The Morgan fingerprint density at radius 1 is 1.30 bits per heavy atom. The Morgan fingerprint density at radius 2 is 2.00 bits per heavy atom. The summed E-state index contributed by atoms with van der Waals surface area (Å²) in [7, 11) is 0. The molecule has 0 unspecified atom stereocenters. The summed E-state index contributed by atoms with van der Waals surface area (Å²) in [4.78, 5) is 22.8. The zero-order valence-electron chi connectivity index (χ0n) is 11.3. The molecule has 0 spiro atoms. The van der Waals surface area contributed by atoms with Gasteiger partial charge in [0.1, 0.15) is 0 Å². The summed E-state index contributed by atoms with van der Waals surface area (Å²) in [6.07, 6.45) is 1.52. The van der Waals surface area contributed by atoms with E-state index < -0.39 is 5.97 Å². The molecule has 0 saturated carbocycles. The fraction of sp³-hybridized carbons (Fsp3) is 0.429. The number of rotatable bonds is 3. The maximum absolute atomic E-state index is 12.0. The van der Waals surface area contributed by atoms with Crippen LogP contribution in [0.25, 0.3) is 0 Å². The molecule has 1 aliphatic rings. The standard InChI is InChI=1S/C14H18N2O4/c1-14(5-7-20-8-6-14)16-13(19)15-11-4-2-3-10(9-11)12(17)18/h2-4,9H,5-8H2,1H3,(H,17,18)(H2,15,16,19). The van der Waals surface area contributed by atoms with Gasteiger partial charge in [0.05, 0.1) is 5.56 Å². The van der Waals surface area contributed by atoms with Crippen molar-refractivity contribution in [1.29, 1.82) is 0 Å². The van der Waals surface area contributed by atoms with Crippen LogP contribution in [0.1, 0.15) is 30.1 Å². The number of carboxylic acid groups (broad SMARTS) is 1. The zero-order chi connectivity index (χ0) is 14.6. The molecule has 0 radical (unpaired) electrons. The molecule has 6 nitrogen and oxygen atoms in total. The lowest BCUT2D eigenvalue weighted by molar-refractivity contribution is 0.0499. The van der Waals surface area contributed by atoms with Gasteiger partial charge in [-0.3, -0.25) is 0 Å². The highest BCUT2D eigenvalue weighted by molar-refractivity contribution is 5.93. The molecule has 2 amide bonds. The van der Waals surface area contributed by atoms with Crippen LogP contribution >= 0.6 is 0 Å². The Morgan fingerprint density at radius 3 is 2.65 bits per heavy atom. The van der Waals surface area contributed by atoms with E-state index in [0.717, 1.165) is 12.8 Å². The number of amides is 2. The van der Waals surface area contributed by atoms with Crippen molar-refractivity contribution in [3.63, 3.8) is 0 Å². The fourth-order valence-electron chi connectivity index (χ4n) is 2.11. The van der Waals surface area contributed by atoms with Gasteiger partial charge in [-0.15, -0.1) is 0 Å². The quantitative estimate of drug-likeness (QED) is 0.790. The third kappa shape index (κ3) is 3.71. The number of carbonyl (C=O) groups excluding carboxylic acids is 1. The number of carbonyl (C=O) groups is 2. The second-order valence-electron chi connectivity index (χ2n) is 5.14. The minimum atomic E-state index is -1.02. The highest BCUT2D eigenvalue weighted by Crippen LogP contribution is 2.20. The number of carboxylic acids is 1. The van der Waals surface area contributed by atoms with E-state index in [1.54, 1.807) is 12.1 Å². The van der Waals surface area contributed by atoms with Gasteiger partial charge in [-0.1, -0.05) is 6.07 Å². The number of anilines is 1. The molecular formula is C14H18N2O4. The minimum Gasteiger partial charge on any atom is -0.478 e. The second kappa shape index (κ2) is 5.92. The van der Waals surface area contributed by atoms with Crippen LogP contribution in [0.15, 0.2) is 24.3 Å². The van der Waals surface area contributed by atoms with Gasteiger partial charge >= 0.3 is 12.0 Å². The van der Waals surface area contributed by atoms with Crippen LogP contribution < -0.4 is 10.6 Å². The predicted octanol–water partition coefficient (Wildman–Crippen LogP) is 2.08. The lowest BCUT2D eigenvalue weighted by atomic mass is 9.93. The van der Waals surface area contributed by atoms with Crippen LogP contribution in [0.2, 0.25) is 0 Å². The maximum atomic E-state index is 12.0. The van der Waals surface area contributed by atoms with E-state index in [-0.39, 0.29) is 17.1 Å². The van der Waals surface area contributed by atoms with Gasteiger partial charge in [0.15, 0.2) is 0 Å². The van der Waals surface area contributed by atoms with Crippen LogP contribution in [0.5, 0.6) is 0 Å². The van der Waals surface area contributed by atoms with Crippen LogP contribution in [0.3, 0.4) is 0 Å². The van der Waals surface area contributed by atoms with Crippen molar-refractivity contribution in [2.24, 2.45) is 0 Å².